The highest BCUT2D eigenvalue weighted by atomic mass is 15.3. The topological polar surface area (TPSA) is 29.9 Å². The van der Waals surface area contributed by atoms with Crippen molar-refractivity contribution < 1.29 is 0 Å². The molecular formula is C17H25N3. The first-order valence-corrected chi connectivity index (χ1v) is 7.25. The van der Waals surface area contributed by atoms with Crippen LogP contribution in [-0.4, -0.2) is 15.8 Å². The van der Waals surface area contributed by atoms with Gasteiger partial charge >= 0.3 is 0 Å². The highest BCUT2D eigenvalue weighted by Gasteiger charge is 2.22. The predicted octanol–water partition coefficient (Wildman–Crippen LogP) is 3.27. The Kier molecular flexibility index (Phi) is 4.61. The molecule has 1 heterocycles. The first kappa shape index (κ1) is 14.8. The van der Waals surface area contributed by atoms with Crippen molar-refractivity contribution in [3.63, 3.8) is 0 Å². The molecule has 2 rings (SSSR count). The van der Waals surface area contributed by atoms with Gasteiger partial charge in [-0.05, 0) is 30.4 Å². The van der Waals surface area contributed by atoms with E-state index in [1.807, 2.05) is 17.9 Å². The Balaban J connectivity index is 1.91. The molecule has 0 saturated carbocycles. The molecule has 0 aliphatic carbocycles. The molecule has 1 aromatic carbocycles. The molecule has 0 bridgehead atoms. The zero-order chi connectivity index (χ0) is 14.6. The Labute approximate surface area is 122 Å². The maximum Gasteiger partial charge on any atom is 0.0518 e. The molecule has 0 radical (unpaired) electrons. The molecule has 3 heteroatoms. The van der Waals surface area contributed by atoms with Gasteiger partial charge in [-0.25, -0.2) is 0 Å². The molecule has 1 unspecified atom stereocenters. The zero-order valence-electron chi connectivity index (χ0n) is 12.9. The quantitative estimate of drug-likeness (QED) is 0.874. The van der Waals surface area contributed by atoms with Gasteiger partial charge < -0.3 is 5.32 Å². The molecule has 0 aliphatic heterocycles. The Morgan fingerprint density at radius 1 is 1.20 bits per heavy atom. The summed E-state index contributed by atoms with van der Waals surface area (Å²) in [4.78, 5) is 0. The van der Waals surface area contributed by atoms with Crippen LogP contribution in [-0.2, 0) is 19.0 Å². The van der Waals surface area contributed by atoms with Crippen LogP contribution in [0.3, 0.4) is 0 Å². The second-order valence-electron chi connectivity index (χ2n) is 6.18. The molecule has 1 aromatic heterocycles. The summed E-state index contributed by atoms with van der Waals surface area (Å²) in [5.74, 6) is 0. The third-order valence-electron chi connectivity index (χ3n) is 3.93. The summed E-state index contributed by atoms with van der Waals surface area (Å²) in [6.45, 7) is 7.73. The van der Waals surface area contributed by atoms with Gasteiger partial charge in [-0.15, -0.1) is 0 Å². The average Bonchev–Trinajstić information content (AvgIpc) is 2.82. The van der Waals surface area contributed by atoms with E-state index in [0.29, 0.717) is 6.04 Å². The summed E-state index contributed by atoms with van der Waals surface area (Å²) >= 11 is 0. The van der Waals surface area contributed by atoms with E-state index < -0.39 is 0 Å². The van der Waals surface area contributed by atoms with Crippen molar-refractivity contribution in [3.8, 4) is 0 Å². The maximum absolute atomic E-state index is 4.19. The number of rotatable bonds is 6. The smallest absolute Gasteiger partial charge is 0.0518 e. The van der Waals surface area contributed by atoms with Gasteiger partial charge in [-0.1, -0.05) is 44.2 Å². The molecule has 0 saturated heterocycles. The second-order valence-corrected chi connectivity index (χ2v) is 6.18. The largest absolute Gasteiger partial charge is 0.309 e. The minimum absolute atomic E-state index is 0.181. The molecular weight excluding hydrogens is 246 g/mol. The van der Waals surface area contributed by atoms with Gasteiger partial charge in [0.15, 0.2) is 0 Å². The fraction of sp³-hybridized carbons (Fsp3) is 0.471. The fourth-order valence-corrected chi connectivity index (χ4v) is 2.70. The molecule has 0 amide bonds. The summed E-state index contributed by atoms with van der Waals surface area (Å²) in [6.07, 6.45) is 2.95. The zero-order valence-corrected chi connectivity index (χ0v) is 12.9. The van der Waals surface area contributed by atoms with Crippen LogP contribution in [0.5, 0.6) is 0 Å². The lowest BCUT2D eigenvalue weighted by Crippen LogP contribution is -2.33. The SMILES string of the molecule is CC(CC(C)(C)c1ccccc1)NCc1ccnn1C. The number of aromatic nitrogens is 2. The molecule has 1 atom stereocenters. The average molecular weight is 271 g/mol. The number of hydrogen-bond donors (Lipinski definition) is 1. The lowest BCUT2D eigenvalue weighted by Gasteiger charge is -2.29. The van der Waals surface area contributed by atoms with Crippen molar-refractivity contribution in [1.29, 1.82) is 0 Å². The lowest BCUT2D eigenvalue weighted by atomic mass is 9.79. The molecule has 0 fully saturated rings. The molecule has 108 valence electrons. The fourth-order valence-electron chi connectivity index (χ4n) is 2.70. The van der Waals surface area contributed by atoms with E-state index in [1.165, 1.54) is 11.3 Å². The summed E-state index contributed by atoms with van der Waals surface area (Å²) < 4.78 is 1.92. The Morgan fingerprint density at radius 3 is 2.50 bits per heavy atom. The van der Waals surface area contributed by atoms with E-state index in [4.69, 9.17) is 0 Å². The van der Waals surface area contributed by atoms with Crippen molar-refractivity contribution in [3.05, 3.63) is 53.9 Å². The second kappa shape index (κ2) is 6.23. The summed E-state index contributed by atoms with van der Waals surface area (Å²) in [6, 6.07) is 13.3. The lowest BCUT2D eigenvalue weighted by molar-refractivity contribution is 0.385. The van der Waals surface area contributed by atoms with Crippen LogP contribution in [0, 0.1) is 0 Å². The van der Waals surface area contributed by atoms with Crippen LogP contribution < -0.4 is 5.32 Å². The molecule has 3 nitrogen and oxygen atoms in total. The van der Waals surface area contributed by atoms with Crippen LogP contribution in [0.25, 0.3) is 0 Å². The number of hydrogen-bond acceptors (Lipinski definition) is 2. The van der Waals surface area contributed by atoms with Crippen LogP contribution in [0.15, 0.2) is 42.6 Å². The van der Waals surface area contributed by atoms with E-state index in [1.54, 1.807) is 0 Å². The maximum atomic E-state index is 4.19. The summed E-state index contributed by atoms with van der Waals surface area (Å²) in [7, 11) is 1.98. The normalized spacial score (nSPS) is 13.4. The standard InChI is InChI=1S/C17H25N3/c1-14(18-13-16-10-11-19-20(16)4)12-17(2,3)15-8-6-5-7-9-15/h5-11,14,18H,12-13H2,1-4H3. The van der Waals surface area contributed by atoms with Crippen LogP contribution in [0.4, 0.5) is 0 Å². The van der Waals surface area contributed by atoms with Crippen molar-refractivity contribution >= 4 is 0 Å². The van der Waals surface area contributed by atoms with Gasteiger partial charge in [0.1, 0.15) is 0 Å². The third kappa shape index (κ3) is 3.70. The summed E-state index contributed by atoms with van der Waals surface area (Å²) in [5.41, 5.74) is 2.80. The van der Waals surface area contributed by atoms with Gasteiger partial charge in [0.25, 0.3) is 0 Å². The number of aryl methyl sites for hydroxylation is 1. The molecule has 0 spiro atoms. The van der Waals surface area contributed by atoms with Crippen molar-refractivity contribution in [1.82, 2.24) is 15.1 Å². The van der Waals surface area contributed by atoms with Crippen molar-refractivity contribution in [2.45, 2.75) is 45.2 Å². The van der Waals surface area contributed by atoms with Gasteiger partial charge in [0.05, 0.1) is 5.69 Å². The Hall–Kier alpha value is -1.61. The van der Waals surface area contributed by atoms with Crippen molar-refractivity contribution in [2.24, 2.45) is 7.05 Å². The number of benzene rings is 1. The molecule has 2 aromatic rings. The monoisotopic (exact) mass is 271 g/mol. The van der Waals surface area contributed by atoms with Gasteiger partial charge in [0, 0.05) is 25.8 Å². The first-order chi connectivity index (χ1) is 9.49. The van der Waals surface area contributed by atoms with E-state index in [9.17, 15) is 0 Å². The third-order valence-corrected chi connectivity index (χ3v) is 3.93. The van der Waals surface area contributed by atoms with E-state index in [2.05, 4.69) is 67.6 Å². The van der Waals surface area contributed by atoms with Gasteiger partial charge in [-0.2, -0.15) is 5.10 Å². The highest BCUT2D eigenvalue weighted by Crippen LogP contribution is 2.28. The molecule has 1 N–H and O–H groups in total. The van der Waals surface area contributed by atoms with Gasteiger partial charge in [0.2, 0.25) is 0 Å². The Morgan fingerprint density at radius 2 is 1.90 bits per heavy atom. The van der Waals surface area contributed by atoms with E-state index in [0.717, 1.165) is 13.0 Å². The minimum atomic E-state index is 0.181. The van der Waals surface area contributed by atoms with Crippen LogP contribution in [0.2, 0.25) is 0 Å². The number of nitrogens with zero attached hydrogens (tertiary/aromatic N) is 2. The van der Waals surface area contributed by atoms with Crippen LogP contribution in [0.1, 0.15) is 38.4 Å². The summed E-state index contributed by atoms with van der Waals surface area (Å²) in [5, 5.41) is 7.78. The molecule has 0 aliphatic rings. The highest BCUT2D eigenvalue weighted by molar-refractivity contribution is 5.23. The predicted molar refractivity (Wildman–Crippen MR) is 83.6 cm³/mol. The Bertz CT molecular complexity index is 528. The van der Waals surface area contributed by atoms with Crippen molar-refractivity contribution in [2.75, 3.05) is 0 Å². The van der Waals surface area contributed by atoms with E-state index in [-0.39, 0.29) is 5.41 Å². The first-order valence-electron chi connectivity index (χ1n) is 7.25. The molecule has 20 heavy (non-hydrogen) atoms. The van der Waals surface area contributed by atoms with E-state index >= 15 is 0 Å². The van der Waals surface area contributed by atoms with Crippen LogP contribution >= 0.6 is 0 Å². The van der Waals surface area contributed by atoms with Gasteiger partial charge in [-0.3, -0.25) is 4.68 Å². The minimum Gasteiger partial charge on any atom is -0.309 e. The number of nitrogens with one attached hydrogen (secondary N) is 1.